The number of likely N-dealkylation sites (N-methyl/N-ethyl adjacent to an activating group) is 1. The number of nitrogens with one attached hydrogen (secondary N) is 1. The first-order valence-electron chi connectivity index (χ1n) is 15.9. The Labute approximate surface area is 301 Å². The number of aliphatic hydroxyl groups is 1. The van der Waals surface area contributed by atoms with Gasteiger partial charge in [-0.2, -0.15) is 9.83 Å². The molecule has 5 aromatic rings. The summed E-state index contributed by atoms with van der Waals surface area (Å²) in [5, 5.41) is 30.5. The lowest BCUT2D eigenvalue weighted by molar-refractivity contribution is -0.753. The van der Waals surface area contributed by atoms with Crippen LogP contribution in [0.1, 0.15) is 47.7 Å². The zero-order valence-electron chi connectivity index (χ0n) is 28.6. The topological polar surface area (TPSA) is 146 Å². The van der Waals surface area contributed by atoms with E-state index in [9.17, 15) is 23.5 Å². The quantitative estimate of drug-likeness (QED) is 0.121. The van der Waals surface area contributed by atoms with Gasteiger partial charge in [0, 0.05) is 47.1 Å². The summed E-state index contributed by atoms with van der Waals surface area (Å²) in [5.74, 6) is -3.75. The molecule has 0 radical (unpaired) electrons. The average molecular weight is 735 g/mol. The second-order valence-electron chi connectivity index (χ2n) is 11.9. The van der Waals surface area contributed by atoms with Gasteiger partial charge in [0.25, 0.3) is 6.33 Å². The van der Waals surface area contributed by atoms with Crippen molar-refractivity contribution in [1.29, 1.82) is 5.26 Å². The highest BCUT2D eigenvalue weighted by atomic mass is 32.1. The lowest BCUT2D eigenvalue weighted by Crippen LogP contribution is -2.42. The van der Waals surface area contributed by atoms with Crippen molar-refractivity contribution < 1.29 is 41.9 Å². The van der Waals surface area contributed by atoms with Crippen LogP contribution in [0.15, 0.2) is 78.7 Å². The third-order valence-corrected chi connectivity index (χ3v) is 9.46. The van der Waals surface area contributed by atoms with E-state index in [-0.39, 0.29) is 29.9 Å². The van der Waals surface area contributed by atoms with Crippen LogP contribution >= 0.6 is 11.3 Å². The van der Waals surface area contributed by atoms with Gasteiger partial charge in [0.15, 0.2) is 0 Å². The van der Waals surface area contributed by atoms with Crippen LogP contribution < -0.4 is 14.8 Å². The number of anilines is 1. The van der Waals surface area contributed by atoms with Gasteiger partial charge in [0.2, 0.25) is 12.6 Å². The molecule has 2 aromatic heterocycles. The van der Waals surface area contributed by atoms with Crippen molar-refractivity contribution in [3.8, 4) is 17.3 Å². The molecule has 0 bridgehead atoms. The van der Waals surface area contributed by atoms with Crippen LogP contribution in [0.3, 0.4) is 0 Å². The number of amides is 1. The Bertz CT molecular complexity index is 2100. The van der Waals surface area contributed by atoms with Crippen LogP contribution in [0.25, 0.3) is 11.3 Å². The number of benzene rings is 3. The third-order valence-electron chi connectivity index (χ3n) is 8.44. The molecule has 0 aliphatic carbocycles. The van der Waals surface area contributed by atoms with Crippen molar-refractivity contribution in [1.82, 2.24) is 20.1 Å². The van der Waals surface area contributed by atoms with Gasteiger partial charge in [-0.25, -0.2) is 22.9 Å². The molecular formula is C36H35F3N7O5S+. The molecule has 52 heavy (non-hydrogen) atoms. The first kappa shape index (κ1) is 37.6. The molecule has 0 saturated heterocycles. The minimum Gasteiger partial charge on any atom is -0.460 e. The summed E-state index contributed by atoms with van der Waals surface area (Å²) in [6.07, 6.45) is 0.909. The number of hydrogen-bond donors (Lipinski definition) is 2. The highest BCUT2D eigenvalue weighted by Gasteiger charge is 2.43. The van der Waals surface area contributed by atoms with Gasteiger partial charge in [-0.15, -0.1) is 16.0 Å². The second-order valence-corrected chi connectivity index (χ2v) is 12.8. The van der Waals surface area contributed by atoms with Crippen molar-refractivity contribution in [2.45, 2.75) is 44.7 Å². The van der Waals surface area contributed by atoms with Crippen molar-refractivity contribution in [2.75, 3.05) is 25.5 Å². The molecule has 0 saturated carbocycles. The van der Waals surface area contributed by atoms with Crippen LogP contribution in [0.2, 0.25) is 0 Å². The van der Waals surface area contributed by atoms with Gasteiger partial charge in [-0.05, 0) is 49.5 Å². The average Bonchev–Trinajstić information content (AvgIpc) is 3.82. The number of esters is 1. The number of thiazole rings is 1. The molecule has 0 aliphatic rings. The van der Waals surface area contributed by atoms with Crippen LogP contribution in [0.4, 0.5) is 23.7 Å². The summed E-state index contributed by atoms with van der Waals surface area (Å²) in [6, 6.07) is 15.7. The fourth-order valence-corrected chi connectivity index (χ4v) is 6.39. The first-order valence-corrected chi connectivity index (χ1v) is 16.8. The second kappa shape index (κ2) is 16.1. The molecule has 0 spiro atoms. The Morgan fingerprint density at radius 3 is 2.60 bits per heavy atom. The molecule has 5 rings (SSSR count). The fraction of sp³-hybridized carbons (Fsp3) is 0.278. The van der Waals surface area contributed by atoms with Crippen molar-refractivity contribution in [3.05, 3.63) is 118 Å². The molecule has 2 heterocycles. The van der Waals surface area contributed by atoms with Gasteiger partial charge in [-0.3, -0.25) is 9.69 Å². The highest BCUT2D eigenvalue weighted by molar-refractivity contribution is 7.10. The normalized spacial score (nSPS) is 13.4. The molecule has 1 unspecified atom stereocenters. The summed E-state index contributed by atoms with van der Waals surface area (Å²) >= 11 is 1.23. The molecule has 3 atom stereocenters. The Kier molecular flexibility index (Phi) is 11.7. The van der Waals surface area contributed by atoms with Gasteiger partial charge in [0.05, 0.1) is 34.6 Å². The van der Waals surface area contributed by atoms with Gasteiger partial charge < -0.3 is 19.9 Å². The number of nitriles is 1. The number of ether oxygens (including phenoxy) is 2. The fourth-order valence-electron chi connectivity index (χ4n) is 5.42. The number of aromatic nitrogens is 4. The van der Waals surface area contributed by atoms with E-state index in [1.807, 2.05) is 0 Å². The van der Waals surface area contributed by atoms with E-state index in [2.05, 4.69) is 21.5 Å². The molecule has 12 nitrogen and oxygen atoms in total. The number of halogens is 3. The SMILES string of the molecule is CNCC(=O)OCc1c(F)cccc1N(C)C(=O)OC(C)[n+]1cnn(C[C@](O)(c2cc(F)ccc2F)[C@@H](C)c2nc(-c3ccc(C#N)cc3)cs2)c1. The Morgan fingerprint density at radius 1 is 1.13 bits per heavy atom. The van der Waals surface area contributed by atoms with Crippen molar-refractivity contribution in [3.63, 3.8) is 0 Å². The monoisotopic (exact) mass is 734 g/mol. The minimum absolute atomic E-state index is 0.0261. The van der Waals surface area contributed by atoms with Crippen LogP contribution in [-0.2, 0) is 33.0 Å². The molecule has 16 heteroatoms. The van der Waals surface area contributed by atoms with E-state index in [4.69, 9.17) is 14.7 Å². The molecule has 270 valence electrons. The predicted molar refractivity (Wildman–Crippen MR) is 183 cm³/mol. The van der Waals surface area contributed by atoms with E-state index < -0.39 is 53.9 Å². The van der Waals surface area contributed by atoms with E-state index in [0.717, 1.165) is 28.7 Å². The smallest absolute Gasteiger partial charge is 0.416 e. The summed E-state index contributed by atoms with van der Waals surface area (Å²) in [6.45, 7) is 2.34. The van der Waals surface area contributed by atoms with Crippen molar-refractivity contribution in [2.24, 2.45) is 0 Å². The summed E-state index contributed by atoms with van der Waals surface area (Å²) < 4.78 is 58.0. The maximum Gasteiger partial charge on any atom is 0.416 e. The van der Waals surface area contributed by atoms with Crippen LogP contribution in [0, 0.1) is 28.8 Å². The van der Waals surface area contributed by atoms with E-state index in [0.29, 0.717) is 16.3 Å². The van der Waals surface area contributed by atoms with Crippen LogP contribution in [0.5, 0.6) is 0 Å². The Balaban J connectivity index is 1.36. The lowest BCUT2D eigenvalue weighted by Gasteiger charge is -2.32. The van der Waals surface area contributed by atoms with Crippen LogP contribution in [-0.4, -0.2) is 52.6 Å². The van der Waals surface area contributed by atoms with E-state index in [1.165, 1.54) is 58.5 Å². The molecular weight excluding hydrogens is 700 g/mol. The predicted octanol–water partition coefficient (Wildman–Crippen LogP) is 5.33. The van der Waals surface area contributed by atoms with Gasteiger partial charge in [-0.1, -0.05) is 25.1 Å². The Hall–Kier alpha value is -5.63. The van der Waals surface area contributed by atoms with E-state index in [1.54, 1.807) is 50.5 Å². The molecule has 3 aromatic carbocycles. The van der Waals surface area contributed by atoms with Crippen molar-refractivity contribution >= 4 is 29.1 Å². The molecule has 0 fully saturated rings. The summed E-state index contributed by atoms with van der Waals surface area (Å²) in [4.78, 5) is 30.8. The molecule has 0 aliphatic heterocycles. The maximum absolute atomic E-state index is 15.3. The standard InChI is InChI=1S/C36H35F3N7O5S/c1-22(34-43-31(18-52-34)25-10-8-24(15-40)9-11-25)36(49,28-14-26(37)12-13-30(28)39)19-46-21-45(20-42-46)23(2)51-35(48)44(4)32-7-5-6-29(38)27(32)17-50-33(47)16-41-3/h5-14,18,20-23,41,49H,16-17,19H2,1-4H3/q+1/t22-,23?,36+/m0/s1. The van der Waals surface area contributed by atoms with E-state index >= 15 is 4.39 Å². The highest BCUT2D eigenvalue weighted by Crippen LogP contribution is 2.41. The summed E-state index contributed by atoms with van der Waals surface area (Å²) in [7, 11) is 2.93. The molecule has 2 N–H and O–H groups in total. The number of carbonyl (C=O) groups excluding carboxylic acids is 2. The Morgan fingerprint density at radius 2 is 1.88 bits per heavy atom. The largest absolute Gasteiger partial charge is 0.460 e. The van der Waals surface area contributed by atoms with Gasteiger partial charge >= 0.3 is 12.1 Å². The first-order chi connectivity index (χ1) is 24.8. The number of nitrogens with zero attached hydrogens (tertiary/aromatic N) is 6. The minimum atomic E-state index is -2.07. The van der Waals surface area contributed by atoms with Gasteiger partial charge in [0.1, 0.15) is 36.2 Å². The molecule has 1 amide bonds. The third kappa shape index (κ3) is 8.28. The number of carbonyl (C=O) groups is 2. The zero-order chi connectivity index (χ0) is 37.6. The zero-order valence-corrected chi connectivity index (χ0v) is 29.4. The number of hydrogen-bond acceptors (Lipinski definition) is 10. The summed E-state index contributed by atoms with van der Waals surface area (Å²) in [5.41, 5.74) is -0.482. The number of rotatable bonds is 13. The lowest BCUT2D eigenvalue weighted by atomic mass is 9.82. The maximum atomic E-state index is 15.3.